The normalized spacial score (nSPS) is 20.0. The van der Waals surface area contributed by atoms with Gasteiger partial charge in [-0.25, -0.2) is 8.78 Å². The van der Waals surface area contributed by atoms with Crippen LogP contribution in [0.2, 0.25) is 5.02 Å². The second-order valence-electron chi connectivity index (χ2n) is 4.82. The van der Waals surface area contributed by atoms with Gasteiger partial charge in [-0.05, 0) is 30.5 Å². The molecule has 1 fully saturated rings. The number of hydrogen-bond acceptors (Lipinski definition) is 2. The fraction of sp³-hybridized carbons (Fsp3) is 0.538. The average Bonchev–Trinajstić information content (AvgIpc) is 2.36. The zero-order chi connectivity index (χ0) is 13.2. The number of nitrogens with zero attached hydrogens (tertiary/aromatic N) is 1. The minimum Gasteiger partial charge on any atom is -0.393 e. The lowest BCUT2D eigenvalue weighted by molar-refractivity contribution is 0.00675. The zero-order valence-electron chi connectivity index (χ0n) is 10.0. The molecule has 1 aromatic rings. The maximum Gasteiger partial charge on any atom is 0.136 e. The Balaban J connectivity index is 1.95. The number of aliphatic hydroxyl groups excluding tert-OH is 1. The van der Waals surface area contributed by atoms with Gasteiger partial charge in [-0.15, -0.1) is 0 Å². The number of benzene rings is 1. The highest BCUT2D eigenvalue weighted by atomic mass is 35.5. The van der Waals surface area contributed by atoms with Crippen molar-refractivity contribution in [1.82, 2.24) is 4.90 Å². The number of halogens is 3. The van der Waals surface area contributed by atoms with E-state index in [1.54, 1.807) is 6.07 Å². The molecule has 0 spiro atoms. The molecule has 1 aliphatic rings. The van der Waals surface area contributed by atoms with Crippen LogP contribution in [0.5, 0.6) is 0 Å². The van der Waals surface area contributed by atoms with E-state index in [1.165, 1.54) is 12.1 Å². The third-order valence-corrected chi connectivity index (χ3v) is 3.80. The summed E-state index contributed by atoms with van der Waals surface area (Å²) in [5, 5.41) is 9.34. The molecule has 0 bridgehead atoms. The highest BCUT2D eigenvalue weighted by Gasteiger charge is 2.33. The molecule has 0 amide bonds. The van der Waals surface area contributed by atoms with Crippen molar-refractivity contribution < 1.29 is 13.9 Å². The highest BCUT2D eigenvalue weighted by molar-refractivity contribution is 6.31. The van der Waals surface area contributed by atoms with Crippen molar-refractivity contribution in [3.8, 4) is 0 Å². The molecule has 2 rings (SSSR count). The van der Waals surface area contributed by atoms with Crippen molar-refractivity contribution in [2.75, 3.05) is 19.7 Å². The number of alkyl halides is 1. The summed E-state index contributed by atoms with van der Waals surface area (Å²) >= 11 is 5.95. The number of piperidine rings is 1. The van der Waals surface area contributed by atoms with Crippen LogP contribution in [-0.2, 0) is 6.54 Å². The van der Waals surface area contributed by atoms with Crippen LogP contribution in [0.4, 0.5) is 8.78 Å². The Kier molecular flexibility index (Phi) is 4.20. The molecule has 100 valence electrons. The molecule has 0 aliphatic carbocycles. The second-order valence-corrected chi connectivity index (χ2v) is 5.23. The second kappa shape index (κ2) is 5.51. The molecule has 1 N–H and O–H groups in total. The fourth-order valence-corrected chi connectivity index (χ4v) is 2.39. The Morgan fingerprint density at radius 3 is 2.56 bits per heavy atom. The summed E-state index contributed by atoms with van der Waals surface area (Å²) in [5.74, 6) is -0.356. The molecule has 0 unspecified atom stereocenters. The molecule has 1 aromatic carbocycles. The van der Waals surface area contributed by atoms with E-state index < -0.39 is 12.3 Å². The van der Waals surface area contributed by atoms with Gasteiger partial charge in [-0.1, -0.05) is 17.7 Å². The number of likely N-dealkylation sites (tertiary alicyclic amines) is 1. The Bertz CT molecular complexity index is 419. The molecular formula is C13H16ClF2NO. The molecule has 2 nitrogen and oxygen atoms in total. The van der Waals surface area contributed by atoms with Gasteiger partial charge in [0.1, 0.15) is 11.5 Å². The van der Waals surface area contributed by atoms with Crippen molar-refractivity contribution in [3.05, 3.63) is 34.6 Å². The SMILES string of the molecule is OCC1(F)CCN(Cc2ccc(F)cc2Cl)CC1. The Hall–Kier alpha value is -0.710. The Morgan fingerprint density at radius 1 is 1.33 bits per heavy atom. The van der Waals surface area contributed by atoms with Crippen molar-refractivity contribution in [3.63, 3.8) is 0 Å². The zero-order valence-corrected chi connectivity index (χ0v) is 10.8. The van der Waals surface area contributed by atoms with Gasteiger partial charge in [0.25, 0.3) is 0 Å². The van der Waals surface area contributed by atoms with E-state index in [1.807, 2.05) is 0 Å². The predicted molar refractivity (Wildman–Crippen MR) is 66.8 cm³/mol. The van der Waals surface area contributed by atoms with Gasteiger partial charge in [-0.3, -0.25) is 4.90 Å². The minimum absolute atomic E-state index is 0.322. The molecule has 5 heteroatoms. The summed E-state index contributed by atoms with van der Waals surface area (Å²) in [6.07, 6.45) is 0.643. The first-order chi connectivity index (χ1) is 8.52. The maximum absolute atomic E-state index is 13.8. The van der Waals surface area contributed by atoms with E-state index >= 15 is 0 Å². The highest BCUT2D eigenvalue weighted by Crippen LogP contribution is 2.27. The summed E-state index contributed by atoms with van der Waals surface area (Å²) in [7, 11) is 0. The van der Waals surface area contributed by atoms with Gasteiger partial charge in [0.05, 0.1) is 6.61 Å². The first-order valence-corrected chi connectivity index (χ1v) is 6.36. The standard InChI is InChI=1S/C13H16ClF2NO/c14-12-7-11(15)2-1-10(12)8-17-5-3-13(16,9-18)4-6-17/h1-2,7,18H,3-6,8-9H2. The number of aliphatic hydroxyl groups is 1. The van der Waals surface area contributed by atoms with Crippen LogP contribution in [0.15, 0.2) is 18.2 Å². The van der Waals surface area contributed by atoms with E-state index in [0.717, 1.165) is 5.56 Å². The van der Waals surface area contributed by atoms with E-state index in [-0.39, 0.29) is 5.82 Å². The van der Waals surface area contributed by atoms with Crippen molar-refractivity contribution in [2.24, 2.45) is 0 Å². The third-order valence-electron chi connectivity index (χ3n) is 3.44. The molecule has 0 atom stereocenters. The summed E-state index contributed by atoms with van der Waals surface area (Å²) in [6.45, 7) is 1.31. The lowest BCUT2D eigenvalue weighted by Crippen LogP contribution is -2.43. The summed E-state index contributed by atoms with van der Waals surface area (Å²) in [4.78, 5) is 2.06. The van der Waals surface area contributed by atoms with Crippen molar-refractivity contribution >= 4 is 11.6 Å². The van der Waals surface area contributed by atoms with Crippen molar-refractivity contribution in [1.29, 1.82) is 0 Å². The van der Waals surface area contributed by atoms with Crippen LogP contribution >= 0.6 is 11.6 Å². The molecule has 0 aromatic heterocycles. The average molecular weight is 276 g/mol. The molecule has 1 aliphatic heterocycles. The quantitative estimate of drug-likeness (QED) is 0.917. The molecule has 1 heterocycles. The van der Waals surface area contributed by atoms with E-state index in [9.17, 15) is 8.78 Å². The van der Waals surface area contributed by atoms with Gasteiger partial charge in [0, 0.05) is 24.7 Å². The topological polar surface area (TPSA) is 23.5 Å². The van der Waals surface area contributed by atoms with Crippen LogP contribution in [0, 0.1) is 5.82 Å². The summed E-state index contributed by atoms with van der Waals surface area (Å²) < 4.78 is 26.7. The summed E-state index contributed by atoms with van der Waals surface area (Å²) in [5.41, 5.74) is -0.600. The van der Waals surface area contributed by atoms with E-state index in [4.69, 9.17) is 16.7 Å². The Morgan fingerprint density at radius 2 is 2.00 bits per heavy atom. The van der Waals surface area contributed by atoms with Crippen LogP contribution in [0.3, 0.4) is 0 Å². The van der Waals surface area contributed by atoms with Crippen LogP contribution in [0.1, 0.15) is 18.4 Å². The Labute approximate surface area is 110 Å². The fourth-order valence-electron chi connectivity index (χ4n) is 2.16. The molecular weight excluding hydrogens is 260 g/mol. The molecule has 1 saturated heterocycles. The molecule has 18 heavy (non-hydrogen) atoms. The third kappa shape index (κ3) is 3.19. The van der Waals surface area contributed by atoms with Crippen LogP contribution in [0.25, 0.3) is 0 Å². The van der Waals surface area contributed by atoms with Crippen molar-refractivity contribution in [2.45, 2.75) is 25.1 Å². The first-order valence-electron chi connectivity index (χ1n) is 5.98. The lowest BCUT2D eigenvalue weighted by atomic mass is 9.94. The molecule has 0 saturated carbocycles. The maximum atomic E-state index is 13.8. The van der Waals surface area contributed by atoms with Gasteiger partial charge in [-0.2, -0.15) is 0 Å². The predicted octanol–water partition coefficient (Wildman–Crippen LogP) is 2.78. The van der Waals surface area contributed by atoms with Gasteiger partial charge in [0.2, 0.25) is 0 Å². The van der Waals surface area contributed by atoms with Crippen LogP contribution in [-0.4, -0.2) is 35.4 Å². The monoisotopic (exact) mass is 275 g/mol. The molecule has 0 radical (unpaired) electrons. The van der Waals surface area contributed by atoms with E-state index in [2.05, 4.69) is 4.90 Å². The largest absolute Gasteiger partial charge is 0.393 e. The first kappa shape index (κ1) is 13.7. The van der Waals surface area contributed by atoms with Gasteiger partial charge in [0.15, 0.2) is 0 Å². The van der Waals surface area contributed by atoms with E-state index in [0.29, 0.717) is 37.5 Å². The number of hydrogen-bond donors (Lipinski definition) is 1. The lowest BCUT2D eigenvalue weighted by Gasteiger charge is -2.35. The summed E-state index contributed by atoms with van der Waals surface area (Å²) in [6, 6.07) is 4.31. The smallest absolute Gasteiger partial charge is 0.136 e. The van der Waals surface area contributed by atoms with Gasteiger partial charge < -0.3 is 5.11 Å². The van der Waals surface area contributed by atoms with Crippen LogP contribution < -0.4 is 0 Å². The minimum atomic E-state index is -1.44. The van der Waals surface area contributed by atoms with Gasteiger partial charge >= 0.3 is 0 Å². The number of rotatable bonds is 3.